The average molecular weight is 382 g/mol. The van der Waals surface area contributed by atoms with Gasteiger partial charge in [-0.25, -0.2) is 0 Å². The molecule has 1 fully saturated rings. The molecule has 1 unspecified atom stereocenters. The molecule has 1 aliphatic heterocycles. The monoisotopic (exact) mass is 381 g/mol. The zero-order valence-electron chi connectivity index (χ0n) is 13.3. The Hall–Kier alpha value is -1.87. The SMILES string of the molecule is Cl.O=C(NCCC1CCCNC1)c1ccc(C(F)(F)F)cc1[N+](=O)[O-]. The van der Waals surface area contributed by atoms with Crippen molar-refractivity contribution in [3.63, 3.8) is 0 Å². The van der Waals surface area contributed by atoms with Crippen molar-refractivity contribution >= 4 is 24.0 Å². The average Bonchev–Trinajstić information content (AvgIpc) is 2.54. The molecule has 0 bridgehead atoms. The van der Waals surface area contributed by atoms with Gasteiger partial charge < -0.3 is 10.6 Å². The molecule has 6 nitrogen and oxygen atoms in total. The van der Waals surface area contributed by atoms with Crippen molar-refractivity contribution in [1.29, 1.82) is 0 Å². The first-order chi connectivity index (χ1) is 11.3. The lowest BCUT2D eigenvalue weighted by Gasteiger charge is -2.22. The summed E-state index contributed by atoms with van der Waals surface area (Å²) in [5, 5.41) is 16.8. The summed E-state index contributed by atoms with van der Waals surface area (Å²) in [6.07, 6.45) is -1.88. The first-order valence-corrected chi connectivity index (χ1v) is 7.63. The van der Waals surface area contributed by atoms with Gasteiger partial charge in [-0.15, -0.1) is 12.4 Å². The molecule has 2 rings (SSSR count). The number of carbonyl (C=O) groups excluding carboxylic acids is 1. The highest BCUT2D eigenvalue weighted by Crippen LogP contribution is 2.33. The van der Waals surface area contributed by atoms with Crippen LogP contribution in [0.3, 0.4) is 0 Å². The van der Waals surface area contributed by atoms with Crippen molar-refractivity contribution < 1.29 is 22.9 Å². The van der Waals surface area contributed by atoms with Crippen molar-refractivity contribution in [1.82, 2.24) is 10.6 Å². The molecule has 1 aromatic carbocycles. The molecule has 0 saturated carbocycles. The number of alkyl halides is 3. The van der Waals surface area contributed by atoms with Crippen LogP contribution in [0.15, 0.2) is 18.2 Å². The van der Waals surface area contributed by atoms with E-state index in [0.717, 1.165) is 32.0 Å². The van der Waals surface area contributed by atoms with Crippen LogP contribution < -0.4 is 10.6 Å². The number of nitro benzene ring substituents is 1. The van der Waals surface area contributed by atoms with Gasteiger partial charge >= 0.3 is 6.18 Å². The molecule has 1 heterocycles. The molecular formula is C15H19ClF3N3O3. The zero-order chi connectivity index (χ0) is 17.7. The summed E-state index contributed by atoms with van der Waals surface area (Å²) in [4.78, 5) is 22.1. The summed E-state index contributed by atoms with van der Waals surface area (Å²) in [6.45, 7) is 2.15. The number of carbonyl (C=O) groups is 1. The third-order valence-corrected chi connectivity index (χ3v) is 4.00. The first kappa shape index (κ1) is 21.2. The number of halogens is 4. The van der Waals surface area contributed by atoms with E-state index in [1.807, 2.05) is 0 Å². The molecule has 2 N–H and O–H groups in total. The number of amides is 1. The predicted octanol–water partition coefficient (Wildman–Crippen LogP) is 3.15. The van der Waals surface area contributed by atoms with Crippen LogP contribution in [0.25, 0.3) is 0 Å². The van der Waals surface area contributed by atoms with Gasteiger partial charge in [0.15, 0.2) is 0 Å². The second kappa shape index (κ2) is 9.00. The van der Waals surface area contributed by atoms with Crippen molar-refractivity contribution in [2.75, 3.05) is 19.6 Å². The quantitative estimate of drug-likeness (QED) is 0.606. The molecule has 1 aliphatic rings. The number of nitrogens with one attached hydrogen (secondary N) is 2. The van der Waals surface area contributed by atoms with Crippen LogP contribution in [0.4, 0.5) is 18.9 Å². The Morgan fingerprint density at radius 2 is 2.12 bits per heavy atom. The maximum Gasteiger partial charge on any atom is 0.416 e. The van der Waals surface area contributed by atoms with Gasteiger partial charge in [0.25, 0.3) is 11.6 Å². The van der Waals surface area contributed by atoms with Gasteiger partial charge in [0.1, 0.15) is 5.56 Å². The Kier molecular flexibility index (Phi) is 7.62. The summed E-state index contributed by atoms with van der Waals surface area (Å²) in [6, 6.07) is 1.91. The van der Waals surface area contributed by atoms with Crippen molar-refractivity contribution in [3.05, 3.63) is 39.4 Å². The summed E-state index contributed by atoms with van der Waals surface area (Å²) in [5.41, 5.74) is -2.37. The Labute approximate surface area is 148 Å². The van der Waals surface area contributed by atoms with Crippen LogP contribution >= 0.6 is 12.4 Å². The Morgan fingerprint density at radius 3 is 2.68 bits per heavy atom. The number of hydrogen-bond acceptors (Lipinski definition) is 4. The van der Waals surface area contributed by atoms with E-state index in [9.17, 15) is 28.1 Å². The maximum absolute atomic E-state index is 12.6. The molecule has 10 heteroatoms. The number of nitro groups is 1. The van der Waals surface area contributed by atoms with Gasteiger partial charge in [-0.05, 0) is 50.4 Å². The Balaban J connectivity index is 0.00000312. The van der Waals surface area contributed by atoms with E-state index in [4.69, 9.17) is 0 Å². The van der Waals surface area contributed by atoms with Crippen LogP contribution in [0, 0.1) is 16.0 Å². The lowest BCUT2D eigenvalue weighted by Crippen LogP contribution is -2.33. The molecular weight excluding hydrogens is 363 g/mol. The van der Waals surface area contributed by atoms with Crippen LogP contribution in [0.2, 0.25) is 0 Å². The van der Waals surface area contributed by atoms with Crippen molar-refractivity contribution in [2.45, 2.75) is 25.4 Å². The summed E-state index contributed by atoms with van der Waals surface area (Å²) in [7, 11) is 0. The highest BCUT2D eigenvalue weighted by atomic mass is 35.5. The second-order valence-corrected chi connectivity index (χ2v) is 5.74. The van der Waals surface area contributed by atoms with E-state index >= 15 is 0 Å². The fourth-order valence-corrected chi connectivity index (χ4v) is 2.71. The standard InChI is InChI=1S/C15H18F3N3O3.ClH/c16-15(17,18)11-3-4-12(13(8-11)21(23)24)14(22)20-7-5-10-2-1-6-19-9-10;/h3-4,8,10,19H,1-2,5-7,9H2,(H,20,22);1H. The highest BCUT2D eigenvalue weighted by Gasteiger charge is 2.34. The topological polar surface area (TPSA) is 84.3 Å². The van der Waals surface area contributed by atoms with E-state index in [-0.39, 0.29) is 18.0 Å². The largest absolute Gasteiger partial charge is 0.416 e. The van der Waals surface area contributed by atoms with Gasteiger partial charge in [0.2, 0.25) is 0 Å². The van der Waals surface area contributed by atoms with E-state index in [1.54, 1.807) is 0 Å². The van der Waals surface area contributed by atoms with Crippen LogP contribution in [0.5, 0.6) is 0 Å². The number of piperidine rings is 1. The van der Waals surface area contributed by atoms with Gasteiger partial charge in [0.05, 0.1) is 10.5 Å². The number of rotatable bonds is 5. The van der Waals surface area contributed by atoms with Crippen molar-refractivity contribution in [3.8, 4) is 0 Å². The predicted molar refractivity (Wildman–Crippen MR) is 87.9 cm³/mol. The summed E-state index contributed by atoms with van der Waals surface area (Å²) < 4.78 is 37.9. The van der Waals surface area contributed by atoms with E-state index in [1.165, 1.54) is 0 Å². The van der Waals surface area contributed by atoms with Crippen molar-refractivity contribution in [2.24, 2.45) is 5.92 Å². The van der Waals surface area contributed by atoms with Gasteiger partial charge in [-0.2, -0.15) is 13.2 Å². The van der Waals surface area contributed by atoms with E-state index in [2.05, 4.69) is 10.6 Å². The third kappa shape index (κ3) is 5.86. The first-order valence-electron chi connectivity index (χ1n) is 7.63. The number of hydrogen-bond donors (Lipinski definition) is 2. The van der Waals surface area contributed by atoms with Crippen LogP contribution in [-0.4, -0.2) is 30.5 Å². The van der Waals surface area contributed by atoms with E-state index in [0.29, 0.717) is 31.0 Å². The molecule has 0 radical (unpaired) electrons. The minimum Gasteiger partial charge on any atom is -0.352 e. The van der Waals surface area contributed by atoms with Crippen LogP contribution in [-0.2, 0) is 6.18 Å². The molecule has 140 valence electrons. The Bertz CT molecular complexity index is 620. The number of nitrogens with zero attached hydrogens (tertiary/aromatic N) is 1. The molecule has 1 saturated heterocycles. The summed E-state index contributed by atoms with van der Waals surface area (Å²) in [5.74, 6) is -0.319. The lowest BCUT2D eigenvalue weighted by atomic mass is 9.96. The second-order valence-electron chi connectivity index (χ2n) is 5.74. The van der Waals surface area contributed by atoms with Gasteiger partial charge in [-0.3, -0.25) is 14.9 Å². The Morgan fingerprint density at radius 1 is 1.40 bits per heavy atom. The lowest BCUT2D eigenvalue weighted by molar-refractivity contribution is -0.385. The molecule has 0 spiro atoms. The van der Waals surface area contributed by atoms with Gasteiger partial charge in [0, 0.05) is 12.6 Å². The maximum atomic E-state index is 12.6. The fourth-order valence-electron chi connectivity index (χ4n) is 2.71. The normalized spacial score (nSPS) is 17.5. The van der Waals surface area contributed by atoms with Gasteiger partial charge in [-0.1, -0.05) is 0 Å². The smallest absolute Gasteiger partial charge is 0.352 e. The molecule has 0 aromatic heterocycles. The molecule has 1 amide bonds. The third-order valence-electron chi connectivity index (χ3n) is 4.00. The molecule has 0 aliphatic carbocycles. The minimum atomic E-state index is -4.70. The zero-order valence-corrected chi connectivity index (χ0v) is 14.1. The fraction of sp³-hybridized carbons (Fsp3) is 0.533. The minimum absolute atomic E-state index is 0. The molecule has 1 aromatic rings. The molecule has 1 atom stereocenters. The van der Waals surface area contributed by atoms with E-state index < -0.39 is 28.3 Å². The molecule has 25 heavy (non-hydrogen) atoms. The highest BCUT2D eigenvalue weighted by molar-refractivity contribution is 5.98. The number of benzene rings is 1. The summed E-state index contributed by atoms with van der Waals surface area (Å²) >= 11 is 0. The van der Waals surface area contributed by atoms with Crippen LogP contribution in [0.1, 0.15) is 35.2 Å².